The Morgan fingerprint density at radius 2 is 2.11 bits per heavy atom. The summed E-state index contributed by atoms with van der Waals surface area (Å²) >= 11 is 3.48. The number of likely N-dealkylation sites (tertiary alicyclic amines) is 1. The molecular weight excluding hydrogens is 304 g/mol. The first-order valence-corrected chi connectivity index (χ1v) is 7.66. The standard InChI is InChI=1S/C15H21BrN2O/c1-11-2-3-13(10-14(11)16)15(19)18-8-5-12(4-7-17)6-9-18/h2-3,10,12H,4-9,17H2,1H3. The lowest BCUT2D eigenvalue weighted by Gasteiger charge is -2.32. The van der Waals surface area contributed by atoms with Crippen LogP contribution in [0.5, 0.6) is 0 Å². The average molecular weight is 325 g/mol. The summed E-state index contributed by atoms with van der Waals surface area (Å²) in [5.74, 6) is 0.839. The molecule has 3 nitrogen and oxygen atoms in total. The van der Waals surface area contributed by atoms with E-state index in [0.717, 1.165) is 54.5 Å². The number of hydrogen-bond donors (Lipinski definition) is 1. The third kappa shape index (κ3) is 3.57. The Kier molecular flexibility index (Phi) is 4.99. The summed E-state index contributed by atoms with van der Waals surface area (Å²) in [7, 11) is 0. The van der Waals surface area contributed by atoms with Crippen LogP contribution in [0.4, 0.5) is 0 Å². The molecule has 19 heavy (non-hydrogen) atoms. The largest absolute Gasteiger partial charge is 0.339 e. The van der Waals surface area contributed by atoms with Crippen LogP contribution in [0.2, 0.25) is 0 Å². The summed E-state index contributed by atoms with van der Waals surface area (Å²) in [6.45, 7) is 4.49. The van der Waals surface area contributed by atoms with Crippen LogP contribution in [0.25, 0.3) is 0 Å². The van der Waals surface area contributed by atoms with Crippen LogP contribution in [0, 0.1) is 12.8 Å². The van der Waals surface area contributed by atoms with Crippen molar-refractivity contribution in [3.63, 3.8) is 0 Å². The zero-order valence-corrected chi connectivity index (χ0v) is 12.9. The normalized spacial score (nSPS) is 16.7. The Hall–Kier alpha value is -0.870. The maximum Gasteiger partial charge on any atom is 0.253 e. The Labute approximate surface area is 123 Å². The van der Waals surface area contributed by atoms with Gasteiger partial charge in [0.1, 0.15) is 0 Å². The summed E-state index contributed by atoms with van der Waals surface area (Å²) < 4.78 is 0.997. The van der Waals surface area contributed by atoms with Gasteiger partial charge in [-0.3, -0.25) is 4.79 Å². The molecule has 0 atom stereocenters. The lowest BCUT2D eigenvalue weighted by molar-refractivity contribution is 0.0688. The monoisotopic (exact) mass is 324 g/mol. The zero-order valence-electron chi connectivity index (χ0n) is 11.4. The summed E-state index contributed by atoms with van der Waals surface area (Å²) in [5.41, 5.74) is 7.51. The molecule has 1 amide bonds. The van der Waals surface area contributed by atoms with Crippen molar-refractivity contribution >= 4 is 21.8 Å². The number of rotatable bonds is 3. The number of hydrogen-bond acceptors (Lipinski definition) is 2. The van der Waals surface area contributed by atoms with Gasteiger partial charge in [0.15, 0.2) is 0 Å². The van der Waals surface area contributed by atoms with Crippen LogP contribution < -0.4 is 5.73 Å². The van der Waals surface area contributed by atoms with Crippen molar-refractivity contribution in [1.82, 2.24) is 4.90 Å². The quantitative estimate of drug-likeness (QED) is 0.929. The smallest absolute Gasteiger partial charge is 0.253 e. The van der Waals surface area contributed by atoms with Gasteiger partial charge in [0.2, 0.25) is 0 Å². The van der Waals surface area contributed by atoms with E-state index in [4.69, 9.17) is 5.73 Å². The van der Waals surface area contributed by atoms with Gasteiger partial charge >= 0.3 is 0 Å². The first kappa shape index (κ1) is 14.5. The van der Waals surface area contributed by atoms with Crippen LogP contribution in [0.3, 0.4) is 0 Å². The van der Waals surface area contributed by atoms with Gasteiger partial charge in [0.05, 0.1) is 0 Å². The van der Waals surface area contributed by atoms with Crippen molar-refractivity contribution in [2.24, 2.45) is 11.7 Å². The number of piperidine rings is 1. The molecule has 2 N–H and O–H groups in total. The molecule has 0 aromatic heterocycles. The molecule has 1 aromatic carbocycles. The van der Waals surface area contributed by atoms with Crippen molar-refractivity contribution in [3.05, 3.63) is 33.8 Å². The minimum atomic E-state index is 0.145. The van der Waals surface area contributed by atoms with E-state index in [1.807, 2.05) is 30.0 Å². The summed E-state index contributed by atoms with van der Waals surface area (Å²) in [4.78, 5) is 14.4. The molecule has 0 radical (unpaired) electrons. The summed E-state index contributed by atoms with van der Waals surface area (Å²) in [6, 6.07) is 5.82. The molecule has 1 aromatic rings. The number of carbonyl (C=O) groups excluding carboxylic acids is 1. The first-order chi connectivity index (χ1) is 9.11. The van der Waals surface area contributed by atoms with Crippen molar-refractivity contribution in [2.75, 3.05) is 19.6 Å². The van der Waals surface area contributed by atoms with E-state index in [2.05, 4.69) is 15.9 Å². The van der Waals surface area contributed by atoms with Gasteiger partial charge in [-0.2, -0.15) is 0 Å². The van der Waals surface area contributed by atoms with Gasteiger partial charge in [-0.1, -0.05) is 22.0 Å². The molecule has 1 saturated heterocycles. The van der Waals surface area contributed by atoms with E-state index < -0.39 is 0 Å². The third-order valence-corrected chi connectivity index (χ3v) is 4.75. The minimum absolute atomic E-state index is 0.145. The molecule has 0 bridgehead atoms. The van der Waals surface area contributed by atoms with Crippen LogP contribution in [-0.2, 0) is 0 Å². The average Bonchev–Trinajstić information content (AvgIpc) is 2.42. The van der Waals surface area contributed by atoms with E-state index in [-0.39, 0.29) is 5.91 Å². The van der Waals surface area contributed by atoms with E-state index in [1.54, 1.807) is 0 Å². The molecule has 0 unspecified atom stereocenters. The highest BCUT2D eigenvalue weighted by Gasteiger charge is 2.23. The van der Waals surface area contributed by atoms with E-state index in [1.165, 1.54) is 0 Å². The molecule has 1 aliphatic rings. The summed E-state index contributed by atoms with van der Waals surface area (Å²) in [6.07, 6.45) is 3.24. The number of benzene rings is 1. The van der Waals surface area contributed by atoms with Crippen LogP contribution >= 0.6 is 15.9 Å². The number of aryl methyl sites for hydroxylation is 1. The van der Waals surface area contributed by atoms with E-state index in [9.17, 15) is 4.79 Å². The third-order valence-electron chi connectivity index (χ3n) is 3.90. The molecule has 104 valence electrons. The molecule has 2 rings (SSSR count). The first-order valence-electron chi connectivity index (χ1n) is 6.87. The Bertz CT molecular complexity index is 453. The van der Waals surface area contributed by atoms with Crippen molar-refractivity contribution in [3.8, 4) is 0 Å². The maximum atomic E-state index is 12.4. The molecule has 1 aliphatic heterocycles. The molecular formula is C15H21BrN2O. The second kappa shape index (κ2) is 6.53. The highest BCUT2D eigenvalue weighted by atomic mass is 79.9. The van der Waals surface area contributed by atoms with Crippen LogP contribution in [0.15, 0.2) is 22.7 Å². The van der Waals surface area contributed by atoms with Gasteiger partial charge in [0, 0.05) is 23.1 Å². The fraction of sp³-hybridized carbons (Fsp3) is 0.533. The lowest BCUT2D eigenvalue weighted by Crippen LogP contribution is -2.38. The molecule has 1 heterocycles. The number of carbonyl (C=O) groups is 1. The highest BCUT2D eigenvalue weighted by molar-refractivity contribution is 9.10. The fourth-order valence-corrected chi connectivity index (χ4v) is 2.95. The lowest BCUT2D eigenvalue weighted by atomic mass is 9.93. The predicted molar refractivity (Wildman–Crippen MR) is 81.2 cm³/mol. The van der Waals surface area contributed by atoms with Gasteiger partial charge in [-0.15, -0.1) is 0 Å². The Morgan fingerprint density at radius 3 is 2.68 bits per heavy atom. The van der Waals surface area contributed by atoms with Gasteiger partial charge in [-0.05, 0) is 56.3 Å². The Morgan fingerprint density at radius 1 is 1.42 bits per heavy atom. The van der Waals surface area contributed by atoms with Crippen LogP contribution in [0.1, 0.15) is 35.2 Å². The minimum Gasteiger partial charge on any atom is -0.339 e. The van der Waals surface area contributed by atoms with Crippen LogP contribution in [-0.4, -0.2) is 30.4 Å². The SMILES string of the molecule is Cc1ccc(C(=O)N2CCC(CCN)CC2)cc1Br. The molecule has 4 heteroatoms. The molecule has 1 fully saturated rings. The maximum absolute atomic E-state index is 12.4. The van der Waals surface area contributed by atoms with Crippen molar-refractivity contribution in [2.45, 2.75) is 26.2 Å². The highest BCUT2D eigenvalue weighted by Crippen LogP contribution is 2.23. The Balaban J connectivity index is 1.99. The van der Waals surface area contributed by atoms with E-state index in [0.29, 0.717) is 5.92 Å². The van der Waals surface area contributed by atoms with Crippen molar-refractivity contribution in [1.29, 1.82) is 0 Å². The van der Waals surface area contributed by atoms with Gasteiger partial charge < -0.3 is 10.6 Å². The number of nitrogens with zero attached hydrogens (tertiary/aromatic N) is 1. The topological polar surface area (TPSA) is 46.3 Å². The zero-order chi connectivity index (χ0) is 13.8. The second-order valence-corrected chi connectivity index (χ2v) is 6.13. The predicted octanol–water partition coefficient (Wildman–Crippen LogP) is 2.96. The number of nitrogens with two attached hydrogens (primary N) is 1. The molecule has 0 spiro atoms. The second-order valence-electron chi connectivity index (χ2n) is 5.28. The summed E-state index contributed by atoms with van der Waals surface area (Å²) in [5, 5.41) is 0. The number of amides is 1. The fourth-order valence-electron chi connectivity index (χ4n) is 2.57. The van der Waals surface area contributed by atoms with Gasteiger partial charge in [0.25, 0.3) is 5.91 Å². The van der Waals surface area contributed by atoms with Gasteiger partial charge in [-0.25, -0.2) is 0 Å². The molecule has 0 saturated carbocycles. The molecule has 0 aliphatic carbocycles. The number of halogens is 1. The van der Waals surface area contributed by atoms with E-state index >= 15 is 0 Å². The van der Waals surface area contributed by atoms with Crippen molar-refractivity contribution < 1.29 is 4.79 Å².